The number of halogens is 1. The predicted octanol–water partition coefficient (Wildman–Crippen LogP) is 0.805. The number of ether oxygens (including phenoxy) is 1. The summed E-state index contributed by atoms with van der Waals surface area (Å²) in [7, 11) is 0. The third kappa shape index (κ3) is 5.60. The number of thioether (sulfide) groups is 1. The fourth-order valence-corrected chi connectivity index (χ4v) is 3.73. The Hall–Kier alpha value is -2.95. The van der Waals surface area contributed by atoms with Gasteiger partial charge < -0.3 is 36.5 Å². The van der Waals surface area contributed by atoms with Crippen LogP contribution in [0.3, 0.4) is 0 Å². The van der Waals surface area contributed by atoms with Crippen molar-refractivity contribution in [1.29, 1.82) is 0 Å². The predicted molar refractivity (Wildman–Crippen MR) is 123 cm³/mol. The molecule has 0 saturated carbocycles. The van der Waals surface area contributed by atoms with Crippen LogP contribution in [-0.2, 0) is 9.53 Å². The molecule has 1 aromatic carbocycles. The van der Waals surface area contributed by atoms with Gasteiger partial charge >= 0.3 is 0 Å². The molecule has 0 radical (unpaired) electrons. The van der Waals surface area contributed by atoms with Crippen molar-refractivity contribution < 1.29 is 26.3 Å². The van der Waals surface area contributed by atoms with Gasteiger partial charge in [0, 0.05) is 24.8 Å². The summed E-state index contributed by atoms with van der Waals surface area (Å²) in [6.07, 6.45) is 11.8. The molecule has 0 aromatic heterocycles. The van der Waals surface area contributed by atoms with Crippen molar-refractivity contribution in [1.82, 2.24) is 16.0 Å². The molecule has 0 saturated heterocycles. The van der Waals surface area contributed by atoms with Crippen LogP contribution in [0.1, 0.15) is 1.43 Å². The first-order chi connectivity index (χ1) is 14.1. The Morgan fingerprint density at radius 3 is 2.74 bits per heavy atom. The lowest BCUT2D eigenvalue weighted by Gasteiger charge is -2.35. The zero-order valence-corrected chi connectivity index (χ0v) is 17.8. The van der Waals surface area contributed by atoms with Crippen LogP contribution in [0.5, 0.6) is 0 Å². The second kappa shape index (κ2) is 10.9. The van der Waals surface area contributed by atoms with Gasteiger partial charge in [-0.25, -0.2) is 4.39 Å². The number of rotatable bonds is 5. The van der Waals surface area contributed by atoms with E-state index in [1.165, 1.54) is 12.1 Å². The van der Waals surface area contributed by atoms with Crippen LogP contribution in [0.4, 0.5) is 10.1 Å². The first-order valence-electron chi connectivity index (χ1n) is 9.45. The van der Waals surface area contributed by atoms with E-state index < -0.39 is 6.04 Å². The van der Waals surface area contributed by atoms with E-state index in [0.29, 0.717) is 25.6 Å². The highest BCUT2D eigenvalue weighted by Crippen LogP contribution is 2.27. The molecule has 0 fully saturated rings. The van der Waals surface area contributed by atoms with Gasteiger partial charge in [-0.1, -0.05) is 12.2 Å². The van der Waals surface area contributed by atoms with Crippen molar-refractivity contribution in [2.75, 3.05) is 30.9 Å². The third-order valence-corrected chi connectivity index (χ3v) is 5.63. The van der Waals surface area contributed by atoms with Gasteiger partial charge in [0.25, 0.3) is 0 Å². The van der Waals surface area contributed by atoms with Gasteiger partial charge in [0.05, 0.1) is 12.6 Å². The fraction of sp³-hybridized carbons (Fsp3) is 0.286. The van der Waals surface area contributed by atoms with Crippen molar-refractivity contribution in [2.24, 2.45) is 0 Å². The van der Waals surface area contributed by atoms with Gasteiger partial charge in [0.2, 0.25) is 11.8 Å². The number of benzene rings is 1. The minimum atomic E-state index is -0.508. The summed E-state index contributed by atoms with van der Waals surface area (Å²) in [6, 6.07) is 5.90. The molecule has 170 valence electrons. The third-order valence-electron chi connectivity index (χ3n) is 4.90. The fourth-order valence-electron chi connectivity index (χ4n) is 3.33. The highest BCUT2D eigenvalue weighted by molar-refractivity contribution is 8.02. The second-order valence-electron chi connectivity index (χ2n) is 6.80. The Morgan fingerprint density at radius 2 is 2.06 bits per heavy atom. The number of amides is 1. The van der Waals surface area contributed by atoms with Crippen molar-refractivity contribution in [3.8, 4) is 0 Å². The molecule has 2 unspecified atom stereocenters. The Labute approximate surface area is 186 Å². The van der Waals surface area contributed by atoms with Crippen LogP contribution in [0.15, 0.2) is 71.3 Å². The van der Waals surface area contributed by atoms with E-state index in [1.54, 1.807) is 23.9 Å². The molecule has 4 rings (SSSR count). The van der Waals surface area contributed by atoms with Gasteiger partial charge in [-0.05, 0) is 42.7 Å². The smallest absolute Gasteiger partial charge is 0.246 e. The molecule has 0 spiro atoms. The molecular weight excluding hydrogens is 423 g/mol. The van der Waals surface area contributed by atoms with E-state index in [0.717, 1.165) is 16.3 Å². The topological polar surface area (TPSA) is 129 Å². The maximum atomic E-state index is 13.2. The minimum absolute atomic E-state index is 0. The van der Waals surface area contributed by atoms with Gasteiger partial charge in [-0.3, -0.25) is 4.79 Å². The normalized spacial score (nSPS) is 21.4. The van der Waals surface area contributed by atoms with Gasteiger partial charge in [0.15, 0.2) is 0 Å². The zero-order valence-electron chi connectivity index (χ0n) is 17.0. The van der Waals surface area contributed by atoms with Crippen LogP contribution in [0, 0.1) is 5.82 Å². The van der Waals surface area contributed by atoms with Crippen LogP contribution < -0.4 is 20.9 Å². The van der Waals surface area contributed by atoms with Gasteiger partial charge in [0.1, 0.15) is 24.2 Å². The number of carbonyl (C=O) groups excluding carboxylic acids is 1. The first kappa shape index (κ1) is 24.3. The SMILES string of the molecule is CSC1=CNC(CNC(=O)C2C=CC3=C(N2)OCCN3c2ccc(F)cc2)C=C1.O.O.[HH]. The van der Waals surface area contributed by atoms with Gasteiger partial charge in [-0.2, -0.15) is 0 Å². The number of anilines is 1. The van der Waals surface area contributed by atoms with Crippen molar-refractivity contribution >= 4 is 23.4 Å². The quantitative estimate of drug-likeness (QED) is 0.606. The molecule has 7 N–H and O–H groups in total. The van der Waals surface area contributed by atoms with Crippen LogP contribution in [0.2, 0.25) is 0 Å². The minimum Gasteiger partial charge on any atom is -0.476 e. The largest absolute Gasteiger partial charge is 0.476 e. The van der Waals surface area contributed by atoms with E-state index in [2.05, 4.69) is 16.0 Å². The lowest BCUT2D eigenvalue weighted by molar-refractivity contribution is -0.122. The number of hydrogen-bond donors (Lipinski definition) is 3. The summed E-state index contributed by atoms with van der Waals surface area (Å²) in [5, 5.41) is 9.38. The molecule has 0 bridgehead atoms. The molecule has 0 aliphatic carbocycles. The maximum Gasteiger partial charge on any atom is 0.246 e. The highest BCUT2D eigenvalue weighted by Gasteiger charge is 2.28. The van der Waals surface area contributed by atoms with Crippen LogP contribution in [0.25, 0.3) is 0 Å². The molecule has 8 nitrogen and oxygen atoms in total. The number of carbonyl (C=O) groups is 1. The molecule has 10 heteroatoms. The summed E-state index contributed by atoms with van der Waals surface area (Å²) in [4.78, 5) is 15.8. The second-order valence-corrected chi connectivity index (χ2v) is 7.68. The number of nitrogens with one attached hydrogen (secondary N) is 3. The average molecular weight is 453 g/mol. The molecule has 1 amide bonds. The van der Waals surface area contributed by atoms with Crippen LogP contribution >= 0.6 is 11.8 Å². The number of hydrogen-bond acceptors (Lipinski definition) is 6. The Balaban J connectivity index is 0.00000171. The Bertz CT molecular complexity index is 908. The number of allylic oxidation sites excluding steroid dienone is 2. The van der Waals surface area contributed by atoms with E-state index >= 15 is 0 Å². The van der Waals surface area contributed by atoms with E-state index in [9.17, 15) is 9.18 Å². The van der Waals surface area contributed by atoms with E-state index in [4.69, 9.17) is 4.74 Å². The van der Waals surface area contributed by atoms with E-state index in [-0.39, 0.29) is 30.1 Å². The summed E-state index contributed by atoms with van der Waals surface area (Å²) >= 11 is 1.67. The first-order valence-corrected chi connectivity index (χ1v) is 10.7. The summed E-state index contributed by atoms with van der Waals surface area (Å²) in [5.74, 6) is 0.171. The maximum absolute atomic E-state index is 13.2. The lowest BCUT2D eigenvalue weighted by atomic mass is 10.1. The number of nitrogens with zero attached hydrogens (tertiary/aromatic N) is 1. The van der Waals surface area contributed by atoms with Crippen LogP contribution in [-0.4, -0.2) is 54.9 Å². The van der Waals surface area contributed by atoms with Gasteiger partial charge in [-0.15, -0.1) is 11.8 Å². The summed E-state index contributed by atoms with van der Waals surface area (Å²) in [6.45, 7) is 1.62. The molecule has 3 aliphatic heterocycles. The molecule has 2 atom stereocenters. The lowest BCUT2D eigenvalue weighted by Crippen LogP contribution is -2.49. The van der Waals surface area contributed by atoms with Crippen molar-refractivity contribution in [3.63, 3.8) is 0 Å². The Morgan fingerprint density at radius 1 is 1.29 bits per heavy atom. The molecular formula is C21H29FN4O4S. The average Bonchev–Trinajstić information content (AvgIpc) is 2.77. The van der Waals surface area contributed by atoms with Crippen molar-refractivity contribution in [2.45, 2.75) is 12.1 Å². The van der Waals surface area contributed by atoms with Crippen molar-refractivity contribution in [3.05, 3.63) is 77.1 Å². The Kier molecular flexibility index (Phi) is 8.55. The standard InChI is InChI=1S/C21H23FN4O2S.2H2O.H2/c1-29-17-7-4-15(23-13-17)12-24-20(27)18-8-9-19-21(25-18)28-11-10-26(19)16-5-2-14(22)3-6-16;;;/h2-9,13,15,18,23,25H,10-12H2,1H3,(H,24,27);2*1H2;1H. The molecule has 3 heterocycles. The summed E-state index contributed by atoms with van der Waals surface area (Å²) in [5.41, 5.74) is 1.71. The van der Waals surface area contributed by atoms with E-state index in [1.807, 2.05) is 41.7 Å². The molecule has 31 heavy (non-hydrogen) atoms. The number of dihydropyridines is 2. The molecule has 3 aliphatic rings. The summed E-state index contributed by atoms with van der Waals surface area (Å²) < 4.78 is 19.0. The zero-order chi connectivity index (χ0) is 20.2. The highest BCUT2D eigenvalue weighted by atomic mass is 32.2. The molecule has 1 aromatic rings. The monoisotopic (exact) mass is 452 g/mol.